The summed E-state index contributed by atoms with van der Waals surface area (Å²) in [4.78, 5) is 12.6. The van der Waals surface area contributed by atoms with Crippen molar-refractivity contribution in [3.8, 4) is 0 Å². The average molecular weight is 349 g/mol. The maximum absolute atomic E-state index is 12.6. The molecule has 0 spiro atoms. The Kier molecular flexibility index (Phi) is 6.45. The molecule has 3 rings (SSSR count). The van der Waals surface area contributed by atoms with Crippen molar-refractivity contribution in [2.75, 3.05) is 0 Å². The van der Waals surface area contributed by atoms with E-state index in [-0.39, 0.29) is 45.9 Å². The standard InChI is InChI=1S/C18H13O.CH3.Y/c1-13-7-2-4-10-15(13)18(19)17-12-6-9-14-8-3-5-11-16(14)17;;/h2-9,11-12H,1H3;1H3;/q2*-1;. The first kappa shape index (κ1) is 17.7. The zero-order valence-electron chi connectivity index (χ0n) is 12.3. The van der Waals surface area contributed by atoms with Gasteiger partial charge in [0.2, 0.25) is 0 Å². The summed E-state index contributed by atoms with van der Waals surface area (Å²) < 4.78 is 0. The van der Waals surface area contributed by atoms with Crippen LogP contribution in [0.15, 0.2) is 60.7 Å². The molecule has 0 aliphatic heterocycles. The van der Waals surface area contributed by atoms with E-state index in [1.54, 1.807) is 6.07 Å². The van der Waals surface area contributed by atoms with Gasteiger partial charge in [0.15, 0.2) is 0 Å². The molecular weight excluding hydrogens is 333 g/mol. The minimum absolute atomic E-state index is 0. The van der Waals surface area contributed by atoms with Gasteiger partial charge >= 0.3 is 0 Å². The van der Waals surface area contributed by atoms with Gasteiger partial charge in [0.05, 0.1) is 0 Å². The van der Waals surface area contributed by atoms with Crippen LogP contribution < -0.4 is 0 Å². The maximum Gasteiger partial charge on any atom is 0.109 e. The summed E-state index contributed by atoms with van der Waals surface area (Å²) in [6, 6.07) is 22.4. The fraction of sp³-hybridized carbons (Fsp3) is 0.0526. The van der Waals surface area contributed by atoms with E-state index >= 15 is 0 Å². The predicted octanol–water partition coefficient (Wildman–Crippen LogP) is 4.63. The van der Waals surface area contributed by atoms with Crippen molar-refractivity contribution in [3.05, 3.63) is 90.8 Å². The van der Waals surface area contributed by atoms with Crippen molar-refractivity contribution in [3.63, 3.8) is 0 Å². The molecule has 0 saturated carbocycles. The minimum Gasteiger partial charge on any atom is -0.358 e. The number of hydrogen-bond acceptors (Lipinski definition) is 1. The summed E-state index contributed by atoms with van der Waals surface area (Å²) >= 11 is 0. The normalized spacial score (nSPS) is 9.57. The smallest absolute Gasteiger partial charge is 0.109 e. The molecule has 1 nitrogen and oxygen atoms in total. The molecule has 0 aliphatic rings. The number of carbonyl (C=O) groups is 1. The molecule has 3 aromatic carbocycles. The Morgan fingerprint density at radius 2 is 1.67 bits per heavy atom. The Morgan fingerprint density at radius 1 is 0.952 bits per heavy atom. The Balaban J connectivity index is 0.00000110. The molecule has 103 valence electrons. The van der Waals surface area contributed by atoms with Crippen LogP contribution in [0.4, 0.5) is 0 Å². The van der Waals surface area contributed by atoms with Crippen molar-refractivity contribution >= 4 is 16.6 Å². The number of carbonyl (C=O) groups excluding carboxylic acids is 1. The quantitative estimate of drug-likeness (QED) is 0.487. The van der Waals surface area contributed by atoms with Crippen LogP contribution in [0.25, 0.3) is 10.8 Å². The molecule has 0 N–H and O–H groups in total. The molecule has 0 saturated heterocycles. The molecule has 0 unspecified atom stereocenters. The van der Waals surface area contributed by atoms with Gasteiger partial charge in [0.1, 0.15) is 5.78 Å². The van der Waals surface area contributed by atoms with E-state index in [2.05, 4.69) is 6.07 Å². The Hall–Kier alpha value is -1.31. The third-order valence-electron chi connectivity index (χ3n) is 3.33. The second kappa shape index (κ2) is 7.63. The SMILES string of the molecule is Cc1ccc[c-]c1C(=O)c1cccc2ccccc12.[CH3-].[Y]. The Bertz CT molecular complexity index is 757. The van der Waals surface area contributed by atoms with Gasteiger partial charge in [-0.15, -0.1) is 35.4 Å². The van der Waals surface area contributed by atoms with E-state index in [0.29, 0.717) is 5.56 Å². The van der Waals surface area contributed by atoms with E-state index in [1.807, 2.05) is 61.5 Å². The summed E-state index contributed by atoms with van der Waals surface area (Å²) in [7, 11) is 0. The van der Waals surface area contributed by atoms with Gasteiger partial charge in [0, 0.05) is 32.7 Å². The summed E-state index contributed by atoms with van der Waals surface area (Å²) in [5, 5.41) is 2.08. The third-order valence-corrected chi connectivity index (χ3v) is 3.33. The van der Waals surface area contributed by atoms with E-state index in [1.165, 1.54) is 0 Å². The van der Waals surface area contributed by atoms with E-state index in [9.17, 15) is 4.79 Å². The van der Waals surface area contributed by atoms with Gasteiger partial charge in [-0.25, -0.2) is 0 Å². The molecule has 21 heavy (non-hydrogen) atoms. The Morgan fingerprint density at radius 3 is 2.43 bits per heavy atom. The third kappa shape index (κ3) is 3.48. The molecule has 0 atom stereocenters. The fourth-order valence-corrected chi connectivity index (χ4v) is 2.32. The minimum atomic E-state index is 0. The van der Waals surface area contributed by atoms with E-state index in [0.717, 1.165) is 21.9 Å². The van der Waals surface area contributed by atoms with Crippen LogP contribution in [0.2, 0.25) is 0 Å². The van der Waals surface area contributed by atoms with Crippen molar-refractivity contribution in [2.45, 2.75) is 6.92 Å². The molecule has 3 aromatic rings. The first-order chi connectivity index (χ1) is 9.27. The topological polar surface area (TPSA) is 17.1 Å². The van der Waals surface area contributed by atoms with Crippen molar-refractivity contribution in [2.24, 2.45) is 0 Å². The van der Waals surface area contributed by atoms with Crippen molar-refractivity contribution in [1.82, 2.24) is 0 Å². The molecule has 0 aromatic heterocycles. The number of aryl methyl sites for hydroxylation is 1. The largest absolute Gasteiger partial charge is 0.358 e. The predicted molar refractivity (Wildman–Crippen MR) is 83.8 cm³/mol. The van der Waals surface area contributed by atoms with Gasteiger partial charge in [-0.1, -0.05) is 49.4 Å². The monoisotopic (exact) mass is 349 g/mol. The van der Waals surface area contributed by atoms with Gasteiger partial charge in [-0.05, 0) is 16.3 Å². The average Bonchev–Trinajstić information content (AvgIpc) is 2.46. The number of benzene rings is 3. The number of hydrogen-bond donors (Lipinski definition) is 0. The van der Waals surface area contributed by atoms with Crippen LogP contribution in [0.1, 0.15) is 21.5 Å². The van der Waals surface area contributed by atoms with Crippen LogP contribution in [0.5, 0.6) is 0 Å². The van der Waals surface area contributed by atoms with E-state index < -0.39 is 0 Å². The van der Waals surface area contributed by atoms with Crippen LogP contribution in [0, 0.1) is 20.4 Å². The van der Waals surface area contributed by atoms with Gasteiger partial charge in [-0.2, -0.15) is 0 Å². The number of fused-ring (bicyclic) bond motifs is 1. The second-order valence-electron chi connectivity index (χ2n) is 4.58. The molecule has 2 heteroatoms. The molecule has 0 heterocycles. The van der Waals surface area contributed by atoms with Gasteiger partial charge in [-0.3, -0.25) is 0 Å². The first-order valence-corrected chi connectivity index (χ1v) is 6.27. The number of ketones is 1. The van der Waals surface area contributed by atoms with Crippen LogP contribution in [-0.4, -0.2) is 5.78 Å². The zero-order valence-corrected chi connectivity index (χ0v) is 15.1. The molecule has 0 aliphatic carbocycles. The summed E-state index contributed by atoms with van der Waals surface area (Å²) in [5.41, 5.74) is 2.35. The van der Waals surface area contributed by atoms with E-state index in [4.69, 9.17) is 0 Å². The van der Waals surface area contributed by atoms with Gasteiger partial charge in [0.25, 0.3) is 0 Å². The summed E-state index contributed by atoms with van der Waals surface area (Å²) in [6.07, 6.45) is 0. The number of rotatable bonds is 2. The molecular formula is C19H16OY-2. The molecule has 0 bridgehead atoms. The van der Waals surface area contributed by atoms with Crippen LogP contribution in [0.3, 0.4) is 0 Å². The first-order valence-electron chi connectivity index (χ1n) is 6.27. The summed E-state index contributed by atoms with van der Waals surface area (Å²) in [6.45, 7) is 1.94. The Labute approximate surface area is 151 Å². The van der Waals surface area contributed by atoms with Gasteiger partial charge < -0.3 is 12.2 Å². The molecule has 1 radical (unpaired) electrons. The summed E-state index contributed by atoms with van der Waals surface area (Å²) in [5.74, 6) is 0.0369. The van der Waals surface area contributed by atoms with Crippen molar-refractivity contribution in [1.29, 1.82) is 0 Å². The van der Waals surface area contributed by atoms with Crippen LogP contribution >= 0.6 is 0 Å². The van der Waals surface area contributed by atoms with Crippen molar-refractivity contribution < 1.29 is 37.5 Å². The molecule has 0 amide bonds. The second-order valence-corrected chi connectivity index (χ2v) is 4.58. The fourth-order valence-electron chi connectivity index (χ4n) is 2.32. The molecule has 0 fully saturated rings. The maximum atomic E-state index is 12.6. The zero-order chi connectivity index (χ0) is 13.2. The van der Waals surface area contributed by atoms with Crippen LogP contribution in [-0.2, 0) is 32.7 Å².